The zero-order valence-electron chi connectivity index (χ0n) is 18.4. The molecule has 1 amide bonds. The Morgan fingerprint density at radius 2 is 1.87 bits per heavy atom. The molecule has 1 N–H and O–H groups in total. The van der Waals surface area contributed by atoms with Crippen molar-refractivity contribution in [1.29, 1.82) is 0 Å². The van der Waals surface area contributed by atoms with Crippen LogP contribution in [0.15, 0.2) is 18.2 Å². The Kier molecular flexibility index (Phi) is 8.75. The first-order chi connectivity index (χ1) is 14.6. The van der Waals surface area contributed by atoms with Gasteiger partial charge in [-0.2, -0.15) is 0 Å². The molecule has 1 aliphatic carbocycles. The van der Waals surface area contributed by atoms with Crippen molar-refractivity contribution < 1.29 is 18.7 Å². The molecule has 7 heteroatoms. The maximum Gasteiger partial charge on any atom is 0.222 e. The third-order valence-electron chi connectivity index (χ3n) is 6.47. The number of hydrogen-bond donors (Lipinski definition) is 1. The predicted octanol–water partition coefficient (Wildman–Crippen LogP) is 3.06. The van der Waals surface area contributed by atoms with Crippen LogP contribution in [-0.2, 0) is 9.53 Å². The number of carbonyl (C=O) groups excluding carboxylic acids is 1. The Hall–Kier alpha value is -1.86. The largest absolute Gasteiger partial charge is 0.494 e. The first kappa shape index (κ1) is 22.8. The molecule has 30 heavy (non-hydrogen) atoms. The Morgan fingerprint density at radius 3 is 2.53 bits per heavy atom. The summed E-state index contributed by atoms with van der Waals surface area (Å²) in [6.07, 6.45) is 6.17. The smallest absolute Gasteiger partial charge is 0.222 e. The second kappa shape index (κ2) is 11.5. The summed E-state index contributed by atoms with van der Waals surface area (Å²) >= 11 is 0. The van der Waals surface area contributed by atoms with Crippen molar-refractivity contribution in [2.24, 2.45) is 5.92 Å². The summed E-state index contributed by atoms with van der Waals surface area (Å²) in [5, 5.41) is 3.14. The van der Waals surface area contributed by atoms with Gasteiger partial charge in [0.05, 0.1) is 19.4 Å². The van der Waals surface area contributed by atoms with Gasteiger partial charge in [0, 0.05) is 45.8 Å². The minimum absolute atomic E-state index is 0.102. The number of benzene rings is 1. The summed E-state index contributed by atoms with van der Waals surface area (Å²) in [4.78, 5) is 16.4. The average molecular weight is 422 g/mol. The van der Waals surface area contributed by atoms with Crippen LogP contribution in [0.4, 0.5) is 10.1 Å². The number of nitrogens with zero attached hydrogens (tertiary/aromatic N) is 2. The number of ether oxygens (including phenoxy) is 2. The molecule has 1 saturated carbocycles. The molecule has 0 bridgehead atoms. The van der Waals surface area contributed by atoms with Gasteiger partial charge < -0.3 is 19.7 Å². The Morgan fingerprint density at radius 1 is 1.13 bits per heavy atom. The second-order valence-corrected chi connectivity index (χ2v) is 8.44. The van der Waals surface area contributed by atoms with Crippen molar-refractivity contribution in [3.63, 3.8) is 0 Å². The average Bonchev–Trinajstić information content (AvgIpc) is 2.78. The summed E-state index contributed by atoms with van der Waals surface area (Å²) in [6, 6.07) is 5.67. The summed E-state index contributed by atoms with van der Waals surface area (Å²) in [5.74, 6) is 0.886. The van der Waals surface area contributed by atoms with Crippen LogP contribution in [-0.4, -0.2) is 70.4 Å². The van der Waals surface area contributed by atoms with E-state index in [1.807, 2.05) is 12.1 Å². The minimum Gasteiger partial charge on any atom is -0.494 e. The maximum absolute atomic E-state index is 14.5. The van der Waals surface area contributed by atoms with Crippen LogP contribution >= 0.6 is 0 Å². The first-order valence-corrected chi connectivity index (χ1v) is 11.2. The van der Waals surface area contributed by atoms with Gasteiger partial charge in [-0.15, -0.1) is 0 Å². The normalized spacial score (nSPS) is 22.7. The Balaban J connectivity index is 1.34. The van der Waals surface area contributed by atoms with E-state index in [0.717, 1.165) is 51.5 Å². The predicted molar refractivity (Wildman–Crippen MR) is 117 cm³/mol. The lowest BCUT2D eigenvalue weighted by atomic mass is 9.84. The summed E-state index contributed by atoms with van der Waals surface area (Å²) in [7, 11) is 3.12. The number of piperazine rings is 1. The number of rotatable bonds is 9. The fourth-order valence-corrected chi connectivity index (χ4v) is 4.57. The van der Waals surface area contributed by atoms with E-state index in [0.29, 0.717) is 30.5 Å². The molecule has 1 aromatic carbocycles. The fraction of sp³-hybridized carbons (Fsp3) is 0.696. The Bertz CT molecular complexity index is 672. The topological polar surface area (TPSA) is 54.0 Å². The van der Waals surface area contributed by atoms with Gasteiger partial charge in [-0.1, -0.05) is 6.07 Å². The van der Waals surface area contributed by atoms with Gasteiger partial charge in [0.25, 0.3) is 0 Å². The highest BCUT2D eigenvalue weighted by atomic mass is 19.1. The van der Waals surface area contributed by atoms with Gasteiger partial charge in [0.1, 0.15) is 0 Å². The molecule has 0 spiro atoms. The summed E-state index contributed by atoms with van der Waals surface area (Å²) in [5.41, 5.74) is 0.639. The molecule has 168 valence electrons. The molecule has 1 aliphatic heterocycles. The van der Waals surface area contributed by atoms with Crippen LogP contribution in [0.25, 0.3) is 0 Å². The van der Waals surface area contributed by atoms with Gasteiger partial charge in [-0.25, -0.2) is 4.39 Å². The number of anilines is 1. The zero-order chi connectivity index (χ0) is 21.3. The fourth-order valence-electron chi connectivity index (χ4n) is 4.57. The second-order valence-electron chi connectivity index (χ2n) is 8.44. The maximum atomic E-state index is 14.5. The van der Waals surface area contributed by atoms with E-state index in [2.05, 4.69) is 15.1 Å². The van der Waals surface area contributed by atoms with Crippen molar-refractivity contribution in [3.8, 4) is 5.75 Å². The van der Waals surface area contributed by atoms with E-state index in [-0.39, 0.29) is 11.7 Å². The zero-order valence-corrected chi connectivity index (χ0v) is 18.4. The molecule has 2 aliphatic rings. The van der Waals surface area contributed by atoms with E-state index in [4.69, 9.17) is 9.47 Å². The quantitative estimate of drug-likeness (QED) is 0.664. The van der Waals surface area contributed by atoms with Crippen molar-refractivity contribution >= 4 is 11.6 Å². The number of methoxy groups -OCH3 is 2. The van der Waals surface area contributed by atoms with Crippen molar-refractivity contribution in [2.75, 3.05) is 58.5 Å². The molecule has 0 aromatic heterocycles. The number of hydrogen-bond acceptors (Lipinski definition) is 5. The van der Waals surface area contributed by atoms with Gasteiger partial charge in [-0.05, 0) is 56.7 Å². The molecule has 0 radical (unpaired) electrons. The third kappa shape index (κ3) is 6.32. The van der Waals surface area contributed by atoms with Crippen molar-refractivity contribution in [2.45, 2.75) is 44.6 Å². The van der Waals surface area contributed by atoms with Crippen molar-refractivity contribution in [3.05, 3.63) is 24.0 Å². The first-order valence-electron chi connectivity index (χ1n) is 11.2. The van der Waals surface area contributed by atoms with Crippen LogP contribution in [0.3, 0.4) is 0 Å². The molecule has 6 nitrogen and oxygen atoms in total. The Labute approximate surface area is 179 Å². The minimum atomic E-state index is -0.264. The van der Waals surface area contributed by atoms with E-state index in [9.17, 15) is 9.18 Å². The van der Waals surface area contributed by atoms with E-state index in [1.54, 1.807) is 13.2 Å². The highest BCUT2D eigenvalue weighted by molar-refractivity contribution is 5.76. The van der Waals surface area contributed by atoms with Crippen molar-refractivity contribution in [1.82, 2.24) is 10.2 Å². The lowest BCUT2D eigenvalue weighted by Gasteiger charge is -2.37. The lowest BCUT2D eigenvalue weighted by molar-refractivity contribution is -0.122. The highest BCUT2D eigenvalue weighted by Crippen LogP contribution is 2.29. The molecular weight excluding hydrogens is 385 g/mol. The van der Waals surface area contributed by atoms with Gasteiger partial charge >= 0.3 is 0 Å². The number of nitrogens with one attached hydrogen (secondary N) is 1. The molecular formula is C23H36FN3O3. The summed E-state index contributed by atoms with van der Waals surface area (Å²) in [6.45, 7) is 5.18. The molecule has 1 saturated heterocycles. The van der Waals surface area contributed by atoms with Crippen LogP contribution in [0.5, 0.6) is 5.75 Å². The van der Waals surface area contributed by atoms with Crippen LogP contribution in [0.1, 0.15) is 38.5 Å². The SMILES string of the molecule is COCCC(=O)N[C@H]1CC[C@H](CCN2CCN(c3cccc(OC)c3F)CC2)CC1. The molecule has 0 atom stereocenters. The third-order valence-corrected chi connectivity index (χ3v) is 6.47. The monoisotopic (exact) mass is 421 g/mol. The molecule has 1 heterocycles. The highest BCUT2D eigenvalue weighted by Gasteiger charge is 2.25. The molecule has 3 rings (SSSR count). The van der Waals surface area contributed by atoms with Gasteiger partial charge in [0.15, 0.2) is 11.6 Å². The molecule has 0 unspecified atom stereocenters. The standard InChI is InChI=1S/C23H36FN3O3/c1-29-17-11-22(28)25-19-8-6-18(7-9-19)10-12-26-13-15-27(16-14-26)20-4-3-5-21(30-2)23(20)24/h3-5,18-19H,6-17H2,1-2H3,(H,25,28)/t18-,19-. The van der Waals surface area contributed by atoms with Crippen LogP contribution in [0.2, 0.25) is 0 Å². The van der Waals surface area contributed by atoms with Gasteiger partial charge in [-0.3, -0.25) is 9.69 Å². The number of halogens is 1. The van der Waals surface area contributed by atoms with Crippen LogP contribution in [0, 0.1) is 11.7 Å². The molecule has 2 fully saturated rings. The van der Waals surface area contributed by atoms with E-state index in [1.165, 1.54) is 26.4 Å². The van der Waals surface area contributed by atoms with E-state index >= 15 is 0 Å². The number of amides is 1. The van der Waals surface area contributed by atoms with E-state index < -0.39 is 0 Å². The van der Waals surface area contributed by atoms with Gasteiger partial charge in [0.2, 0.25) is 5.91 Å². The lowest BCUT2D eigenvalue weighted by Crippen LogP contribution is -2.47. The van der Waals surface area contributed by atoms with Crippen LogP contribution < -0.4 is 15.0 Å². The molecule has 1 aromatic rings. The summed E-state index contributed by atoms with van der Waals surface area (Å²) < 4.78 is 24.6. The number of carbonyl (C=O) groups is 1.